The molecule has 4 amide bonds. The fraction of sp³-hybridized carbons (Fsp3) is 0.333. The third-order valence-corrected chi connectivity index (χ3v) is 5.90. The van der Waals surface area contributed by atoms with Gasteiger partial charge in [-0.25, -0.2) is 19.0 Å². The monoisotopic (exact) mass is 550 g/mol. The van der Waals surface area contributed by atoms with Crippen LogP contribution in [0.5, 0.6) is 0 Å². The third kappa shape index (κ3) is 6.19. The molecule has 15 heteroatoms. The second-order valence-corrected chi connectivity index (χ2v) is 9.13. The Morgan fingerprint density at radius 1 is 1.15 bits per heavy atom. The molecule has 0 fully saturated rings. The Morgan fingerprint density at radius 2 is 1.90 bits per heavy atom. The van der Waals surface area contributed by atoms with Crippen LogP contribution in [0.1, 0.15) is 16.8 Å². The summed E-state index contributed by atoms with van der Waals surface area (Å²) in [6.07, 6.45) is -3.11. The molecule has 0 saturated heterocycles. The van der Waals surface area contributed by atoms with Gasteiger partial charge in [0.15, 0.2) is 5.69 Å². The van der Waals surface area contributed by atoms with Gasteiger partial charge in [-0.05, 0) is 38.7 Å². The summed E-state index contributed by atoms with van der Waals surface area (Å²) >= 11 is 0. The first kappa shape index (κ1) is 27.6. The number of hydrogen-bond acceptors (Lipinski definition) is 7. The number of rotatable bonds is 7. The summed E-state index contributed by atoms with van der Waals surface area (Å²) in [5.74, 6) is -0.776. The second kappa shape index (κ2) is 10.8. The van der Waals surface area contributed by atoms with E-state index >= 15 is 0 Å². The first-order valence-electron chi connectivity index (χ1n) is 11.7. The minimum absolute atomic E-state index is 0.139. The smallest absolute Gasteiger partial charge is 0.369 e. The van der Waals surface area contributed by atoms with Crippen molar-refractivity contribution < 1.29 is 31.7 Å². The van der Waals surface area contributed by atoms with Crippen LogP contribution in [0.15, 0.2) is 35.0 Å². The van der Waals surface area contributed by atoms with Crippen molar-refractivity contribution >= 4 is 40.8 Å². The van der Waals surface area contributed by atoms with Crippen LogP contribution in [0.2, 0.25) is 0 Å². The second-order valence-electron chi connectivity index (χ2n) is 9.13. The molecule has 0 saturated carbocycles. The number of nitrogens with zero attached hydrogens (tertiary/aromatic N) is 5. The van der Waals surface area contributed by atoms with Gasteiger partial charge in [-0.2, -0.15) is 13.2 Å². The van der Waals surface area contributed by atoms with Gasteiger partial charge in [-0.1, -0.05) is 5.16 Å². The number of aryl methyl sites for hydroxylation is 1. The molecule has 3 aromatic rings. The van der Waals surface area contributed by atoms with Crippen molar-refractivity contribution in [1.29, 1.82) is 0 Å². The van der Waals surface area contributed by atoms with E-state index in [1.165, 1.54) is 15.9 Å². The molecule has 1 aromatic carbocycles. The predicted molar refractivity (Wildman–Crippen MR) is 137 cm³/mol. The number of amides is 4. The highest BCUT2D eigenvalue weighted by atomic mass is 19.4. The Bertz CT molecular complexity index is 1390. The Hall–Kier alpha value is -4.40. The van der Waals surface area contributed by atoms with Crippen molar-refractivity contribution in [2.75, 3.05) is 60.0 Å². The van der Waals surface area contributed by atoms with Crippen LogP contribution in [0.4, 0.5) is 55.9 Å². The number of alkyl halides is 3. The highest BCUT2D eigenvalue weighted by Gasteiger charge is 2.35. The van der Waals surface area contributed by atoms with Crippen LogP contribution in [0.25, 0.3) is 0 Å². The molecule has 3 heterocycles. The van der Waals surface area contributed by atoms with Gasteiger partial charge in [0, 0.05) is 44.0 Å². The Balaban J connectivity index is 1.52. The number of aromatic nitrogens is 2. The van der Waals surface area contributed by atoms with Gasteiger partial charge in [-0.15, -0.1) is 0 Å². The average Bonchev–Trinajstić information content (AvgIpc) is 3.32. The van der Waals surface area contributed by atoms with Gasteiger partial charge in [0.05, 0.1) is 23.6 Å². The zero-order valence-electron chi connectivity index (χ0n) is 21.5. The normalized spacial score (nSPS) is 13.5. The molecule has 11 nitrogen and oxygen atoms in total. The molecule has 39 heavy (non-hydrogen) atoms. The maximum Gasteiger partial charge on any atom is 0.436 e. The highest BCUT2D eigenvalue weighted by Crippen LogP contribution is 2.35. The van der Waals surface area contributed by atoms with Crippen molar-refractivity contribution in [2.45, 2.75) is 19.6 Å². The Labute approximate surface area is 220 Å². The van der Waals surface area contributed by atoms with Crippen LogP contribution in [0.3, 0.4) is 0 Å². The van der Waals surface area contributed by atoms with Crippen LogP contribution in [-0.4, -0.2) is 61.3 Å². The van der Waals surface area contributed by atoms with E-state index in [2.05, 4.69) is 25.3 Å². The lowest BCUT2D eigenvalue weighted by Crippen LogP contribution is -2.45. The van der Waals surface area contributed by atoms with Gasteiger partial charge in [0.25, 0.3) is 0 Å². The van der Waals surface area contributed by atoms with E-state index < -0.39 is 29.6 Å². The van der Waals surface area contributed by atoms with E-state index in [-0.39, 0.29) is 18.3 Å². The van der Waals surface area contributed by atoms with Crippen LogP contribution < -0.4 is 25.8 Å². The lowest BCUT2D eigenvalue weighted by molar-refractivity contribution is -0.142. The maximum absolute atomic E-state index is 14.7. The number of benzene rings is 1. The van der Waals surface area contributed by atoms with Gasteiger partial charge in [-0.3, -0.25) is 15.1 Å². The average molecular weight is 551 g/mol. The number of pyridine rings is 1. The van der Waals surface area contributed by atoms with Crippen molar-refractivity contribution in [3.8, 4) is 0 Å². The molecule has 0 spiro atoms. The third-order valence-electron chi connectivity index (χ3n) is 5.90. The largest absolute Gasteiger partial charge is 0.436 e. The van der Waals surface area contributed by atoms with Crippen molar-refractivity contribution in [3.05, 3.63) is 53.1 Å². The molecule has 1 aliphatic rings. The van der Waals surface area contributed by atoms with Crippen LogP contribution in [-0.2, 0) is 12.7 Å². The summed E-state index contributed by atoms with van der Waals surface area (Å²) in [6.45, 7) is 3.21. The fourth-order valence-corrected chi connectivity index (χ4v) is 3.90. The van der Waals surface area contributed by atoms with Crippen molar-refractivity contribution in [1.82, 2.24) is 15.0 Å². The Kier molecular flexibility index (Phi) is 7.63. The number of carbonyl (C=O) groups excluding carboxylic acids is 2. The zero-order valence-corrected chi connectivity index (χ0v) is 21.5. The number of carbonyl (C=O) groups is 2. The van der Waals surface area contributed by atoms with Crippen molar-refractivity contribution in [2.24, 2.45) is 0 Å². The molecule has 0 aliphatic carbocycles. The first-order valence-corrected chi connectivity index (χ1v) is 11.7. The summed E-state index contributed by atoms with van der Waals surface area (Å²) < 4.78 is 57.3. The van der Waals surface area contributed by atoms with Gasteiger partial charge >= 0.3 is 18.2 Å². The van der Waals surface area contributed by atoms with Gasteiger partial charge in [0.2, 0.25) is 5.88 Å². The number of nitrogens with one attached hydrogen (secondary N) is 3. The molecule has 0 bridgehead atoms. The molecule has 0 radical (unpaired) electrons. The minimum Gasteiger partial charge on any atom is -0.369 e. The van der Waals surface area contributed by atoms with Crippen LogP contribution >= 0.6 is 0 Å². The molecular formula is C24H26F4N8O3. The summed E-state index contributed by atoms with van der Waals surface area (Å²) in [6, 6.07) is 3.22. The topological polar surface area (TPSA) is 119 Å². The summed E-state index contributed by atoms with van der Waals surface area (Å²) in [5, 5.41) is 10.3. The molecule has 1 aliphatic heterocycles. The molecular weight excluding hydrogens is 524 g/mol. The quantitative estimate of drug-likeness (QED) is 0.364. The van der Waals surface area contributed by atoms with Crippen molar-refractivity contribution in [3.63, 3.8) is 0 Å². The minimum atomic E-state index is -4.76. The lowest BCUT2D eigenvalue weighted by atomic mass is 10.1. The van der Waals surface area contributed by atoms with Gasteiger partial charge in [0.1, 0.15) is 11.6 Å². The number of hydrogen-bond donors (Lipinski definition) is 3. The standard InChI is InChI=1S/C24H26F4N8O3/c1-13-7-15(25)16(31-22(37)32-21-10-19(33-39-21)24(26,27)28)8-17(13)36-12-14-11-30-20(29-5-6-34(2)3)9-18(14)35(4)23(36)38/h7-11H,5-6,12H2,1-4H3,(H,29,30)(H2,31,32,37). The van der Waals surface area contributed by atoms with E-state index in [1.54, 1.807) is 26.2 Å². The molecule has 0 atom stereocenters. The van der Waals surface area contributed by atoms with Gasteiger partial charge < -0.3 is 20.1 Å². The van der Waals surface area contributed by atoms with Crippen LogP contribution in [0, 0.1) is 12.7 Å². The fourth-order valence-electron chi connectivity index (χ4n) is 3.90. The molecule has 2 aromatic heterocycles. The number of urea groups is 2. The molecule has 4 rings (SSSR count). The lowest BCUT2D eigenvalue weighted by Gasteiger charge is -2.36. The number of halogens is 4. The first-order chi connectivity index (χ1) is 18.3. The zero-order chi connectivity index (χ0) is 28.5. The summed E-state index contributed by atoms with van der Waals surface area (Å²) in [5.41, 5.74) is 0.521. The van der Waals surface area contributed by atoms with E-state index in [9.17, 15) is 27.2 Å². The molecule has 3 N–H and O–H groups in total. The summed E-state index contributed by atoms with van der Waals surface area (Å²) in [4.78, 5) is 34.9. The molecule has 208 valence electrons. The number of anilines is 5. The number of fused-ring (bicyclic) bond motifs is 1. The number of likely N-dealkylation sites (N-methyl/N-ethyl adjacent to an activating group) is 1. The predicted octanol–water partition coefficient (Wildman–Crippen LogP) is 4.73. The van der Waals surface area contributed by atoms with E-state index in [1.807, 2.05) is 24.3 Å². The van der Waals surface area contributed by atoms with E-state index in [0.717, 1.165) is 18.2 Å². The van der Waals surface area contributed by atoms with E-state index in [4.69, 9.17) is 0 Å². The summed E-state index contributed by atoms with van der Waals surface area (Å²) in [7, 11) is 5.52. The van der Waals surface area contributed by atoms with E-state index in [0.29, 0.717) is 35.4 Å². The molecule has 0 unspecified atom stereocenters. The Morgan fingerprint density at radius 3 is 2.56 bits per heavy atom. The maximum atomic E-state index is 14.7. The SMILES string of the molecule is Cc1cc(F)c(NC(=O)Nc2cc(C(F)(F)F)no2)cc1N1Cc2cnc(NCCN(C)C)cc2N(C)C1=O. The highest BCUT2D eigenvalue weighted by molar-refractivity contribution is 6.07.